The number of benzene rings is 2. The van der Waals surface area contributed by atoms with E-state index in [9.17, 15) is 4.79 Å². The van der Waals surface area contributed by atoms with Crippen LogP contribution in [0.4, 0.5) is 0 Å². The molecule has 0 unspecified atom stereocenters. The first-order valence-corrected chi connectivity index (χ1v) is 10.5. The summed E-state index contributed by atoms with van der Waals surface area (Å²) in [6, 6.07) is 12.8. The monoisotopic (exact) mass is 449 g/mol. The molecular weight excluding hydrogens is 430 g/mol. The van der Waals surface area contributed by atoms with E-state index in [1.165, 1.54) is 0 Å². The first kappa shape index (κ1) is 20.4. The number of nitrogens with zero attached hydrogens (tertiary/aromatic N) is 4. The Morgan fingerprint density at radius 3 is 2.91 bits per heavy atom. The van der Waals surface area contributed by atoms with E-state index in [-0.39, 0.29) is 0 Å². The highest BCUT2D eigenvalue weighted by molar-refractivity contribution is 6.30. The number of amides is 1. The number of rotatable bonds is 5. The molecule has 9 heteroatoms. The number of nitrogens with two attached hydrogens (primary N) is 1. The van der Waals surface area contributed by atoms with E-state index in [0.29, 0.717) is 53.2 Å². The molecule has 0 spiro atoms. The molecular formula is C23H20ClN5O3. The van der Waals surface area contributed by atoms with Gasteiger partial charge < -0.3 is 14.9 Å². The second-order valence-corrected chi connectivity index (χ2v) is 8.04. The smallest absolute Gasteiger partial charge is 0.251 e. The molecule has 5 rings (SSSR count). The maximum atomic E-state index is 12.3. The van der Waals surface area contributed by atoms with Crippen LogP contribution in [0.3, 0.4) is 0 Å². The number of fused-ring (bicyclic) bond motifs is 2. The van der Waals surface area contributed by atoms with Gasteiger partial charge in [0.2, 0.25) is 11.8 Å². The Morgan fingerprint density at radius 1 is 1.25 bits per heavy atom. The van der Waals surface area contributed by atoms with Crippen LogP contribution < -0.4 is 10.5 Å². The number of hydrogen-bond acceptors (Lipinski definition) is 7. The molecule has 4 aromatic rings. The maximum Gasteiger partial charge on any atom is 0.251 e. The minimum atomic E-state index is -0.449. The SMILES string of the molecule is COc1ccc(Cl)cc1-c1nnc(CN2CCc3nc4ccccc4c(C(N)=O)c3C2)o1. The van der Waals surface area contributed by atoms with Crippen molar-refractivity contribution in [3.8, 4) is 17.2 Å². The highest BCUT2D eigenvalue weighted by Crippen LogP contribution is 2.32. The van der Waals surface area contributed by atoms with E-state index in [2.05, 4.69) is 15.1 Å². The number of methoxy groups -OCH3 is 1. The van der Waals surface area contributed by atoms with E-state index in [4.69, 9.17) is 31.5 Å². The molecule has 2 aromatic heterocycles. The van der Waals surface area contributed by atoms with E-state index in [0.717, 1.165) is 28.7 Å². The van der Waals surface area contributed by atoms with Crippen molar-refractivity contribution in [2.24, 2.45) is 5.73 Å². The molecule has 0 saturated carbocycles. The van der Waals surface area contributed by atoms with Gasteiger partial charge in [0.1, 0.15) is 5.75 Å². The topological polar surface area (TPSA) is 107 Å². The highest BCUT2D eigenvalue weighted by atomic mass is 35.5. The van der Waals surface area contributed by atoms with Gasteiger partial charge in [-0.1, -0.05) is 29.8 Å². The number of primary amides is 1. The van der Waals surface area contributed by atoms with Gasteiger partial charge in [-0.15, -0.1) is 10.2 Å². The number of carbonyl (C=O) groups excluding carboxylic acids is 1. The van der Waals surface area contributed by atoms with Crippen LogP contribution in [0.1, 0.15) is 27.5 Å². The lowest BCUT2D eigenvalue weighted by Gasteiger charge is -2.28. The van der Waals surface area contributed by atoms with E-state index in [1.54, 1.807) is 25.3 Å². The molecule has 0 aliphatic carbocycles. The third kappa shape index (κ3) is 3.68. The van der Waals surface area contributed by atoms with Gasteiger partial charge in [-0.2, -0.15) is 0 Å². The Labute approximate surface area is 189 Å². The zero-order valence-electron chi connectivity index (χ0n) is 17.3. The number of para-hydroxylation sites is 1. The van der Waals surface area contributed by atoms with Crippen LogP contribution in [0.25, 0.3) is 22.4 Å². The van der Waals surface area contributed by atoms with Gasteiger partial charge in [0, 0.05) is 41.2 Å². The Morgan fingerprint density at radius 2 is 2.09 bits per heavy atom. The van der Waals surface area contributed by atoms with E-state index >= 15 is 0 Å². The van der Waals surface area contributed by atoms with Crippen LogP contribution >= 0.6 is 11.6 Å². The molecule has 0 saturated heterocycles. The van der Waals surface area contributed by atoms with Crippen molar-refractivity contribution in [3.05, 3.63) is 70.2 Å². The van der Waals surface area contributed by atoms with Crippen molar-refractivity contribution in [1.29, 1.82) is 0 Å². The molecule has 0 radical (unpaired) electrons. The Balaban J connectivity index is 1.43. The maximum absolute atomic E-state index is 12.3. The molecule has 1 aliphatic heterocycles. The molecule has 32 heavy (non-hydrogen) atoms. The number of aromatic nitrogens is 3. The summed E-state index contributed by atoms with van der Waals surface area (Å²) in [4.78, 5) is 19.2. The Kier molecular flexibility index (Phi) is 5.24. The normalized spacial score (nSPS) is 13.8. The van der Waals surface area contributed by atoms with Crippen molar-refractivity contribution in [1.82, 2.24) is 20.1 Å². The van der Waals surface area contributed by atoms with Crippen molar-refractivity contribution >= 4 is 28.4 Å². The third-order valence-corrected chi connectivity index (χ3v) is 5.82. The lowest BCUT2D eigenvalue weighted by Crippen LogP contribution is -2.33. The summed E-state index contributed by atoms with van der Waals surface area (Å²) in [7, 11) is 1.57. The Hall–Kier alpha value is -3.49. The molecule has 0 atom stereocenters. The summed E-state index contributed by atoms with van der Waals surface area (Å²) >= 11 is 6.12. The predicted octanol–water partition coefficient (Wildman–Crippen LogP) is 3.60. The largest absolute Gasteiger partial charge is 0.496 e. The fourth-order valence-corrected chi connectivity index (χ4v) is 4.30. The molecule has 162 valence electrons. The van der Waals surface area contributed by atoms with Crippen LogP contribution in [-0.4, -0.2) is 39.6 Å². The van der Waals surface area contributed by atoms with Crippen molar-refractivity contribution in [3.63, 3.8) is 0 Å². The molecule has 1 aliphatic rings. The second kappa shape index (κ2) is 8.22. The standard InChI is InChI=1S/C23H20ClN5O3/c1-31-19-7-6-13(24)10-15(19)23-28-27-20(32-23)12-29-9-8-18-16(11-29)21(22(25)30)14-4-2-3-5-17(14)26-18/h2-7,10H,8-9,11-12H2,1H3,(H2,25,30). The average molecular weight is 450 g/mol. The molecule has 1 amide bonds. The van der Waals surface area contributed by atoms with Gasteiger partial charge in [-0.05, 0) is 24.3 Å². The number of hydrogen-bond donors (Lipinski definition) is 1. The fourth-order valence-electron chi connectivity index (χ4n) is 4.13. The van der Waals surface area contributed by atoms with Crippen LogP contribution in [0.2, 0.25) is 5.02 Å². The minimum Gasteiger partial charge on any atom is -0.496 e. The zero-order chi connectivity index (χ0) is 22.2. The summed E-state index contributed by atoms with van der Waals surface area (Å²) < 4.78 is 11.3. The molecule has 8 nitrogen and oxygen atoms in total. The summed E-state index contributed by atoms with van der Waals surface area (Å²) in [6.07, 6.45) is 0.698. The zero-order valence-corrected chi connectivity index (χ0v) is 18.1. The van der Waals surface area contributed by atoms with Crippen LogP contribution in [0.15, 0.2) is 46.9 Å². The molecule has 2 aromatic carbocycles. The first-order valence-electron chi connectivity index (χ1n) is 10.1. The molecule has 3 heterocycles. The van der Waals surface area contributed by atoms with Gasteiger partial charge in [0.05, 0.1) is 30.3 Å². The van der Waals surface area contributed by atoms with E-state index < -0.39 is 5.91 Å². The number of ether oxygens (including phenoxy) is 1. The van der Waals surface area contributed by atoms with Crippen molar-refractivity contribution < 1.29 is 13.9 Å². The first-order chi connectivity index (χ1) is 15.5. The van der Waals surface area contributed by atoms with Gasteiger partial charge in [0.15, 0.2) is 0 Å². The summed E-state index contributed by atoms with van der Waals surface area (Å²) in [5.74, 6) is 0.942. The van der Waals surface area contributed by atoms with Crippen LogP contribution in [0, 0.1) is 0 Å². The van der Waals surface area contributed by atoms with Gasteiger partial charge >= 0.3 is 0 Å². The average Bonchev–Trinajstić information content (AvgIpc) is 3.25. The lowest BCUT2D eigenvalue weighted by molar-refractivity contribution is 0.0998. The van der Waals surface area contributed by atoms with Crippen molar-refractivity contribution in [2.75, 3.05) is 13.7 Å². The van der Waals surface area contributed by atoms with Crippen LogP contribution in [-0.2, 0) is 19.5 Å². The quantitative estimate of drug-likeness (QED) is 0.496. The minimum absolute atomic E-state index is 0.335. The third-order valence-electron chi connectivity index (χ3n) is 5.59. The highest BCUT2D eigenvalue weighted by Gasteiger charge is 2.26. The molecule has 0 fully saturated rings. The summed E-state index contributed by atoms with van der Waals surface area (Å²) in [5, 5.41) is 9.68. The van der Waals surface area contributed by atoms with Gasteiger partial charge in [-0.25, -0.2) is 0 Å². The predicted molar refractivity (Wildman–Crippen MR) is 119 cm³/mol. The molecule has 2 N–H and O–H groups in total. The Bertz CT molecular complexity index is 1340. The van der Waals surface area contributed by atoms with Crippen LogP contribution in [0.5, 0.6) is 5.75 Å². The molecule has 0 bridgehead atoms. The number of carbonyl (C=O) groups is 1. The van der Waals surface area contributed by atoms with Gasteiger partial charge in [0.25, 0.3) is 5.89 Å². The summed E-state index contributed by atoms with van der Waals surface area (Å²) in [6.45, 7) is 1.69. The lowest BCUT2D eigenvalue weighted by atomic mass is 9.95. The van der Waals surface area contributed by atoms with E-state index in [1.807, 2.05) is 24.3 Å². The van der Waals surface area contributed by atoms with Crippen molar-refractivity contribution in [2.45, 2.75) is 19.5 Å². The summed E-state index contributed by atoms with van der Waals surface area (Å²) in [5.41, 5.74) is 9.48. The number of halogens is 1. The van der Waals surface area contributed by atoms with Gasteiger partial charge in [-0.3, -0.25) is 14.7 Å². The number of pyridine rings is 1. The second-order valence-electron chi connectivity index (χ2n) is 7.60. The fraction of sp³-hybridized carbons (Fsp3) is 0.217.